The molecule has 90 valence electrons. The average molecular weight is 238 g/mol. The molecule has 16 heavy (non-hydrogen) atoms. The Kier molecular flexibility index (Phi) is 4.00. The van der Waals surface area contributed by atoms with Crippen LogP contribution in [0, 0.1) is 5.92 Å². The van der Waals surface area contributed by atoms with E-state index in [1.807, 2.05) is 11.3 Å². The van der Waals surface area contributed by atoms with Crippen molar-refractivity contribution in [2.75, 3.05) is 13.1 Å². The van der Waals surface area contributed by atoms with E-state index in [2.05, 4.69) is 36.3 Å². The van der Waals surface area contributed by atoms with Gasteiger partial charge in [0.2, 0.25) is 0 Å². The third-order valence-electron chi connectivity index (χ3n) is 3.82. The van der Waals surface area contributed by atoms with E-state index in [1.165, 1.54) is 30.8 Å². The molecule has 2 atom stereocenters. The zero-order valence-electron chi connectivity index (χ0n) is 10.2. The maximum absolute atomic E-state index is 5.97. The van der Waals surface area contributed by atoms with Gasteiger partial charge in [0.05, 0.1) is 0 Å². The molecule has 0 aromatic carbocycles. The number of hydrogen-bond acceptors (Lipinski definition) is 3. The Hall–Kier alpha value is -0.380. The Morgan fingerprint density at radius 2 is 2.06 bits per heavy atom. The molecule has 1 aliphatic heterocycles. The number of piperidine rings is 1. The summed E-state index contributed by atoms with van der Waals surface area (Å²) >= 11 is 1.87. The Balaban J connectivity index is 1.89. The van der Waals surface area contributed by atoms with Crippen LogP contribution in [0.3, 0.4) is 0 Å². The van der Waals surface area contributed by atoms with Gasteiger partial charge >= 0.3 is 0 Å². The first-order valence-electron chi connectivity index (χ1n) is 6.21. The number of nitrogens with zero attached hydrogens (tertiary/aromatic N) is 1. The lowest BCUT2D eigenvalue weighted by Gasteiger charge is -2.37. The lowest BCUT2D eigenvalue weighted by atomic mass is 9.90. The molecule has 2 unspecified atom stereocenters. The summed E-state index contributed by atoms with van der Waals surface area (Å²) in [6.45, 7) is 6.86. The highest BCUT2D eigenvalue weighted by molar-refractivity contribution is 7.10. The van der Waals surface area contributed by atoms with E-state index >= 15 is 0 Å². The quantitative estimate of drug-likeness (QED) is 0.877. The van der Waals surface area contributed by atoms with Gasteiger partial charge in [0.1, 0.15) is 0 Å². The molecule has 0 spiro atoms. The molecule has 1 saturated heterocycles. The van der Waals surface area contributed by atoms with E-state index in [-0.39, 0.29) is 0 Å². The summed E-state index contributed by atoms with van der Waals surface area (Å²) in [6.07, 6.45) is 2.51. The highest BCUT2D eigenvalue weighted by atomic mass is 32.1. The van der Waals surface area contributed by atoms with Crippen LogP contribution in [-0.4, -0.2) is 24.0 Å². The lowest BCUT2D eigenvalue weighted by Crippen LogP contribution is -2.40. The van der Waals surface area contributed by atoms with Crippen molar-refractivity contribution in [3.05, 3.63) is 22.4 Å². The van der Waals surface area contributed by atoms with E-state index in [4.69, 9.17) is 5.73 Å². The molecule has 3 heteroatoms. The second-order valence-corrected chi connectivity index (χ2v) is 5.90. The van der Waals surface area contributed by atoms with Crippen LogP contribution >= 0.6 is 11.3 Å². The molecule has 2 N–H and O–H groups in total. The van der Waals surface area contributed by atoms with Crippen molar-refractivity contribution in [3.8, 4) is 0 Å². The summed E-state index contributed by atoms with van der Waals surface area (Å²) in [7, 11) is 0. The van der Waals surface area contributed by atoms with Gasteiger partial charge in [0, 0.05) is 17.0 Å². The van der Waals surface area contributed by atoms with Crippen LogP contribution in [0.15, 0.2) is 17.5 Å². The van der Waals surface area contributed by atoms with Crippen molar-refractivity contribution in [2.24, 2.45) is 11.7 Å². The van der Waals surface area contributed by atoms with Crippen LogP contribution in [0.5, 0.6) is 0 Å². The Morgan fingerprint density at radius 1 is 1.38 bits per heavy atom. The number of hydrogen-bond donors (Lipinski definition) is 1. The predicted molar refractivity (Wildman–Crippen MR) is 70.7 cm³/mol. The van der Waals surface area contributed by atoms with Gasteiger partial charge in [-0.15, -0.1) is 11.3 Å². The predicted octanol–water partition coefficient (Wildman–Crippen LogP) is 2.87. The molecule has 1 fully saturated rings. The summed E-state index contributed by atoms with van der Waals surface area (Å²) in [4.78, 5) is 4.07. The standard InChI is InChI=1S/C13H22N2S/c1-10(14)12-5-7-15(8-6-12)11(2)13-4-3-9-16-13/h3-4,9-12H,5-8,14H2,1-2H3. The second kappa shape index (κ2) is 5.30. The normalized spacial score (nSPS) is 23.2. The van der Waals surface area contributed by atoms with Gasteiger partial charge in [-0.05, 0) is 57.1 Å². The minimum Gasteiger partial charge on any atom is -0.328 e. The third kappa shape index (κ3) is 2.65. The fourth-order valence-corrected chi connectivity index (χ4v) is 3.36. The zero-order valence-corrected chi connectivity index (χ0v) is 11.0. The minimum absolute atomic E-state index is 0.360. The Labute approximate surface area is 102 Å². The van der Waals surface area contributed by atoms with Crippen LogP contribution in [0.25, 0.3) is 0 Å². The Morgan fingerprint density at radius 3 is 2.56 bits per heavy atom. The first-order chi connectivity index (χ1) is 7.68. The molecule has 2 nitrogen and oxygen atoms in total. The fraction of sp³-hybridized carbons (Fsp3) is 0.692. The van der Waals surface area contributed by atoms with Crippen molar-refractivity contribution < 1.29 is 0 Å². The molecule has 0 bridgehead atoms. The number of nitrogens with two attached hydrogens (primary N) is 1. The highest BCUT2D eigenvalue weighted by Crippen LogP contribution is 2.29. The zero-order chi connectivity index (χ0) is 11.5. The summed E-state index contributed by atoms with van der Waals surface area (Å²) < 4.78 is 0. The first-order valence-corrected chi connectivity index (χ1v) is 7.09. The van der Waals surface area contributed by atoms with Crippen molar-refractivity contribution in [2.45, 2.75) is 38.8 Å². The van der Waals surface area contributed by atoms with E-state index < -0.39 is 0 Å². The van der Waals surface area contributed by atoms with Gasteiger partial charge in [-0.25, -0.2) is 0 Å². The summed E-state index contributed by atoms with van der Waals surface area (Å²) in [5.74, 6) is 0.729. The molecule has 1 aromatic rings. The minimum atomic E-state index is 0.360. The van der Waals surface area contributed by atoms with Crippen molar-refractivity contribution in [1.29, 1.82) is 0 Å². The average Bonchev–Trinajstić information content (AvgIpc) is 2.81. The lowest BCUT2D eigenvalue weighted by molar-refractivity contribution is 0.134. The van der Waals surface area contributed by atoms with Crippen molar-refractivity contribution >= 4 is 11.3 Å². The molecular weight excluding hydrogens is 216 g/mol. The topological polar surface area (TPSA) is 29.3 Å². The van der Waals surface area contributed by atoms with Crippen LogP contribution in [-0.2, 0) is 0 Å². The molecule has 2 rings (SSSR count). The molecule has 0 radical (unpaired) electrons. The third-order valence-corrected chi connectivity index (χ3v) is 4.86. The summed E-state index contributed by atoms with van der Waals surface area (Å²) in [5.41, 5.74) is 5.97. The highest BCUT2D eigenvalue weighted by Gasteiger charge is 2.25. The molecule has 2 heterocycles. The Bertz CT molecular complexity index is 300. The fourth-order valence-electron chi connectivity index (χ4n) is 2.54. The monoisotopic (exact) mass is 238 g/mol. The number of likely N-dealkylation sites (tertiary alicyclic amines) is 1. The van der Waals surface area contributed by atoms with Crippen LogP contribution in [0.1, 0.15) is 37.6 Å². The van der Waals surface area contributed by atoms with E-state index in [1.54, 1.807) is 0 Å². The second-order valence-electron chi connectivity index (χ2n) is 4.92. The van der Waals surface area contributed by atoms with Gasteiger partial charge in [-0.3, -0.25) is 4.90 Å². The van der Waals surface area contributed by atoms with Crippen LogP contribution in [0.4, 0.5) is 0 Å². The largest absolute Gasteiger partial charge is 0.328 e. The molecule has 0 aliphatic carbocycles. The van der Waals surface area contributed by atoms with E-state index in [0.717, 1.165) is 5.92 Å². The van der Waals surface area contributed by atoms with Crippen LogP contribution < -0.4 is 5.73 Å². The van der Waals surface area contributed by atoms with Gasteiger partial charge < -0.3 is 5.73 Å². The molecule has 0 amide bonds. The van der Waals surface area contributed by atoms with Gasteiger partial charge in [0.25, 0.3) is 0 Å². The summed E-state index contributed by atoms with van der Waals surface area (Å²) in [6, 6.07) is 5.33. The maximum Gasteiger partial charge on any atom is 0.0413 e. The molecular formula is C13H22N2S. The molecule has 1 aliphatic rings. The number of rotatable bonds is 3. The SMILES string of the molecule is CC(N)C1CCN(C(C)c2cccs2)CC1. The number of thiophene rings is 1. The molecule has 1 aromatic heterocycles. The molecule has 0 saturated carbocycles. The van der Waals surface area contributed by atoms with E-state index in [0.29, 0.717) is 12.1 Å². The van der Waals surface area contributed by atoms with Crippen LogP contribution in [0.2, 0.25) is 0 Å². The van der Waals surface area contributed by atoms with Gasteiger partial charge in [-0.1, -0.05) is 6.07 Å². The smallest absolute Gasteiger partial charge is 0.0413 e. The summed E-state index contributed by atoms with van der Waals surface area (Å²) in [5, 5.41) is 2.17. The van der Waals surface area contributed by atoms with Crippen molar-refractivity contribution in [3.63, 3.8) is 0 Å². The van der Waals surface area contributed by atoms with Gasteiger partial charge in [-0.2, -0.15) is 0 Å². The van der Waals surface area contributed by atoms with Crippen molar-refractivity contribution in [1.82, 2.24) is 4.90 Å². The maximum atomic E-state index is 5.97. The first kappa shape index (κ1) is 12.1. The van der Waals surface area contributed by atoms with E-state index in [9.17, 15) is 0 Å². The van der Waals surface area contributed by atoms with Gasteiger partial charge in [0.15, 0.2) is 0 Å².